The summed E-state index contributed by atoms with van der Waals surface area (Å²) in [7, 11) is 0. The molecule has 0 aromatic heterocycles. The van der Waals surface area contributed by atoms with Crippen molar-refractivity contribution in [1.82, 2.24) is 4.90 Å². The predicted octanol–water partition coefficient (Wildman–Crippen LogP) is 2.18. The van der Waals surface area contributed by atoms with Gasteiger partial charge in [-0.05, 0) is 25.3 Å². The topological polar surface area (TPSA) is 38.8 Å². The molecule has 3 aliphatic rings. The Balaban J connectivity index is 1.78. The zero-order chi connectivity index (χ0) is 13.5. The molecule has 1 saturated heterocycles. The molecular formula is C16H19NO3. The quantitative estimate of drug-likeness (QED) is 0.787. The lowest BCUT2D eigenvalue weighted by Gasteiger charge is -2.28. The van der Waals surface area contributed by atoms with E-state index in [0.29, 0.717) is 13.2 Å². The molecule has 0 N–H and O–H groups in total. The summed E-state index contributed by atoms with van der Waals surface area (Å²) in [5, 5.41) is 0. The first-order valence-electron chi connectivity index (χ1n) is 7.58. The summed E-state index contributed by atoms with van der Waals surface area (Å²) in [5.74, 6) is 1.87. The van der Waals surface area contributed by atoms with Crippen molar-refractivity contribution in [2.75, 3.05) is 26.3 Å². The van der Waals surface area contributed by atoms with Gasteiger partial charge in [-0.15, -0.1) is 0 Å². The molecule has 3 heterocycles. The maximum atomic E-state index is 12.9. The molecule has 0 aliphatic carbocycles. The molecule has 4 rings (SSSR count). The van der Waals surface area contributed by atoms with Gasteiger partial charge >= 0.3 is 0 Å². The van der Waals surface area contributed by atoms with Gasteiger partial charge in [0.1, 0.15) is 11.5 Å². The van der Waals surface area contributed by atoms with Crippen LogP contribution in [0.1, 0.15) is 40.7 Å². The van der Waals surface area contributed by atoms with Gasteiger partial charge in [-0.25, -0.2) is 0 Å². The van der Waals surface area contributed by atoms with E-state index in [4.69, 9.17) is 9.47 Å². The number of rotatable bonds is 1. The Morgan fingerprint density at radius 2 is 1.85 bits per heavy atom. The van der Waals surface area contributed by atoms with Crippen LogP contribution in [0.2, 0.25) is 0 Å². The maximum Gasteiger partial charge on any atom is 0.258 e. The van der Waals surface area contributed by atoms with Gasteiger partial charge in [-0.3, -0.25) is 4.79 Å². The lowest BCUT2D eigenvalue weighted by molar-refractivity contribution is 0.0720. The average Bonchev–Trinajstić information content (AvgIpc) is 3.13. The van der Waals surface area contributed by atoms with Gasteiger partial charge in [-0.1, -0.05) is 0 Å². The van der Waals surface area contributed by atoms with Crippen LogP contribution in [0.5, 0.6) is 11.5 Å². The summed E-state index contributed by atoms with van der Waals surface area (Å²) >= 11 is 0. The predicted molar refractivity (Wildman–Crippen MR) is 74.6 cm³/mol. The Hall–Kier alpha value is -1.71. The summed E-state index contributed by atoms with van der Waals surface area (Å²) in [4.78, 5) is 14.9. The molecule has 1 amide bonds. The summed E-state index contributed by atoms with van der Waals surface area (Å²) < 4.78 is 11.4. The summed E-state index contributed by atoms with van der Waals surface area (Å²) in [6.07, 6.45) is 5.15. The molecule has 0 bridgehead atoms. The van der Waals surface area contributed by atoms with Gasteiger partial charge in [0.15, 0.2) is 0 Å². The number of likely N-dealkylation sites (tertiary alicyclic amines) is 1. The summed E-state index contributed by atoms with van der Waals surface area (Å²) in [6.45, 7) is 3.10. The number of fused-ring (bicyclic) bond motifs is 2. The molecule has 0 unspecified atom stereocenters. The van der Waals surface area contributed by atoms with E-state index >= 15 is 0 Å². The van der Waals surface area contributed by atoms with Gasteiger partial charge in [0.05, 0.1) is 18.8 Å². The lowest BCUT2D eigenvalue weighted by atomic mass is 9.97. The van der Waals surface area contributed by atoms with Crippen LogP contribution < -0.4 is 9.47 Å². The Bertz CT molecular complexity index is 529. The maximum absolute atomic E-state index is 12.9. The van der Waals surface area contributed by atoms with E-state index in [-0.39, 0.29) is 5.91 Å². The highest BCUT2D eigenvalue weighted by Gasteiger charge is 2.32. The van der Waals surface area contributed by atoms with Gasteiger partial charge < -0.3 is 14.4 Å². The molecule has 0 atom stereocenters. The van der Waals surface area contributed by atoms with Crippen LogP contribution in [-0.4, -0.2) is 37.1 Å². The summed E-state index contributed by atoms with van der Waals surface area (Å²) in [5.41, 5.74) is 2.97. The minimum absolute atomic E-state index is 0.144. The SMILES string of the molecule is O=C(c1c2c(cc3c1OCC3)OCC2)N1CCCCC1. The number of hydrogen-bond acceptors (Lipinski definition) is 3. The normalized spacial score (nSPS) is 20.1. The van der Waals surface area contributed by atoms with Crippen LogP contribution in [0.3, 0.4) is 0 Å². The second kappa shape index (κ2) is 4.69. The van der Waals surface area contributed by atoms with Gasteiger partial charge in [-0.2, -0.15) is 0 Å². The second-order valence-corrected chi connectivity index (χ2v) is 5.77. The molecule has 0 radical (unpaired) electrons. The standard InChI is InChI=1S/C16H19NO3/c18-16(17-6-2-1-3-7-17)14-12-5-9-19-13(12)10-11-4-8-20-15(11)14/h10H,1-9H2. The molecule has 1 aromatic rings. The van der Waals surface area contributed by atoms with Crippen LogP contribution in [0.15, 0.2) is 6.07 Å². The summed E-state index contributed by atoms with van der Waals surface area (Å²) in [6, 6.07) is 2.07. The number of piperidine rings is 1. The third kappa shape index (κ3) is 1.78. The van der Waals surface area contributed by atoms with E-state index in [1.54, 1.807) is 0 Å². The molecule has 4 heteroatoms. The van der Waals surface area contributed by atoms with Crippen LogP contribution in [0, 0.1) is 0 Å². The molecule has 20 heavy (non-hydrogen) atoms. The number of carbonyl (C=O) groups excluding carboxylic acids is 1. The molecule has 106 valence electrons. The van der Waals surface area contributed by atoms with Crippen molar-refractivity contribution in [3.63, 3.8) is 0 Å². The van der Waals surface area contributed by atoms with E-state index in [0.717, 1.165) is 67.0 Å². The highest BCUT2D eigenvalue weighted by molar-refractivity contribution is 6.00. The fourth-order valence-electron chi connectivity index (χ4n) is 3.47. The number of benzene rings is 1. The number of hydrogen-bond donors (Lipinski definition) is 0. The fraction of sp³-hybridized carbons (Fsp3) is 0.562. The molecule has 0 saturated carbocycles. The van der Waals surface area contributed by atoms with Crippen LogP contribution >= 0.6 is 0 Å². The number of nitrogens with zero attached hydrogens (tertiary/aromatic N) is 1. The van der Waals surface area contributed by atoms with Crippen LogP contribution in [0.4, 0.5) is 0 Å². The van der Waals surface area contributed by atoms with Crippen LogP contribution in [-0.2, 0) is 12.8 Å². The van der Waals surface area contributed by atoms with E-state index in [2.05, 4.69) is 6.07 Å². The van der Waals surface area contributed by atoms with E-state index in [1.165, 1.54) is 6.42 Å². The molecule has 1 fully saturated rings. The zero-order valence-electron chi connectivity index (χ0n) is 11.6. The first-order chi connectivity index (χ1) is 9.84. The highest BCUT2D eigenvalue weighted by atomic mass is 16.5. The smallest absolute Gasteiger partial charge is 0.258 e. The lowest BCUT2D eigenvalue weighted by Crippen LogP contribution is -2.36. The Labute approximate surface area is 118 Å². The Morgan fingerprint density at radius 1 is 1.05 bits per heavy atom. The Morgan fingerprint density at radius 3 is 2.70 bits per heavy atom. The zero-order valence-corrected chi connectivity index (χ0v) is 11.6. The van der Waals surface area contributed by atoms with Crippen molar-refractivity contribution in [2.24, 2.45) is 0 Å². The minimum atomic E-state index is 0.144. The number of amides is 1. The first kappa shape index (κ1) is 12.1. The van der Waals surface area contributed by atoms with Crippen molar-refractivity contribution in [2.45, 2.75) is 32.1 Å². The fourth-order valence-corrected chi connectivity index (χ4v) is 3.47. The monoisotopic (exact) mass is 273 g/mol. The van der Waals surface area contributed by atoms with Crippen molar-refractivity contribution >= 4 is 5.91 Å². The number of carbonyl (C=O) groups is 1. The number of ether oxygens (including phenoxy) is 2. The van der Waals surface area contributed by atoms with Crippen molar-refractivity contribution in [3.8, 4) is 11.5 Å². The molecule has 4 nitrogen and oxygen atoms in total. The minimum Gasteiger partial charge on any atom is -0.493 e. The van der Waals surface area contributed by atoms with E-state index < -0.39 is 0 Å². The first-order valence-corrected chi connectivity index (χ1v) is 7.58. The van der Waals surface area contributed by atoms with E-state index in [9.17, 15) is 4.79 Å². The van der Waals surface area contributed by atoms with Crippen molar-refractivity contribution in [1.29, 1.82) is 0 Å². The van der Waals surface area contributed by atoms with Gasteiger partial charge in [0.25, 0.3) is 5.91 Å². The second-order valence-electron chi connectivity index (χ2n) is 5.77. The third-order valence-electron chi connectivity index (χ3n) is 4.51. The van der Waals surface area contributed by atoms with E-state index in [1.807, 2.05) is 4.90 Å². The average molecular weight is 273 g/mol. The third-order valence-corrected chi connectivity index (χ3v) is 4.51. The molecule has 3 aliphatic heterocycles. The molecule has 1 aromatic carbocycles. The molecular weight excluding hydrogens is 254 g/mol. The Kier molecular flexibility index (Phi) is 2.83. The van der Waals surface area contributed by atoms with Gasteiger partial charge in [0.2, 0.25) is 0 Å². The largest absolute Gasteiger partial charge is 0.493 e. The molecule has 0 spiro atoms. The van der Waals surface area contributed by atoms with Crippen LogP contribution in [0.25, 0.3) is 0 Å². The van der Waals surface area contributed by atoms with Crippen molar-refractivity contribution in [3.05, 3.63) is 22.8 Å². The van der Waals surface area contributed by atoms with Crippen molar-refractivity contribution < 1.29 is 14.3 Å². The highest BCUT2D eigenvalue weighted by Crippen LogP contribution is 2.41. The van der Waals surface area contributed by atoms with Gasteiger partial charge in [0, 0.05) is 37.1 Å².